The van der Waals surface area contributed by atoms with Crippen molar-refractivity contribution in [2.45, 2.75) is 25.2 Å². The summed E-state index contributed by atoms with van der Waals surface area (Å²) >= 11 is 6.14. The fourth-order valence-corrected chi connectivity index (χ4v) is 4.21. The molecule has 3 aromatic carbocycles. The number of halogens is 1. The highest BCUT2D eigenvalue weighted by Crippen LogP contribution is 2.54. The predicted octanol–water partition coefficient (Wildman–Crippen LogP) is 6.36. The molecule has 4 heteroatoms. The van der Waals surface area contributed by atoms with Crippen LogP contribution >= 0.6 is 11.6 Å². The average molecular weight is 387 g/mol. The van der Waals surface area contributed by atoms with Crippen LogP contribution in [0.2, 0.25) is 5.02 Å². The van der Waals surface area contributed by atoms with Crippen molar-refractivity contribution < 1.29 is 4.79 Å². The van der Waals surface area contributed by atoms with E-state index < -0.39 is 0 Å². The number of aromatic amines is 1. The quantitative estimate of drug-likeness (QED) is 0.415. The summed E-state index contributed by atoms with van der Waals surface area (Å²) in [6.07, 6.45) is 1.08. The van der Waals surface area contributed by atoms with Crippen LogP contribution in [-0.2, 0) is 0 Å². The van der Waals surface area contributed by atoms with Crippen LogP contribution in [0.1, 0.15) is 46.9 Å². The predicted molar refractivity (Wildman–Crippen MR) is 113 cm³/mol. The Kier molecular flexibility index (Phi) is 4.06. The molecule has 3 nitrogen and oxygen atoms in total. The number of nitrogens with zero attached hydrogens (tertiary/aromatic N) is 1. The van der Waals surface area contributed by atoms with Gasteiger partial charge in [-0.1, -0.05) is 54.1 Å². The summed E-state index contributed by atoms with van der Waals surface area (Å²) in [6, 6.07) is 22.0. The molecule has 4 aromatic rings. The molecule has 1 saturated carbocycles. The van der Waals surface area contributed by atoms with E-state index in [1.165, 1.54) is 5.56 Å². The van der Waals surface area contributed by atoms with Crippen molar-refractivity contribution in [2.75, 3.05) is 0 Å². The lowest BCUT2D eigenvalue weighted by atomic mass is 9.97. The molecule has 138 valence electrons. The molecule has 1 aliphatic carbocycles. The second-order valence-corrected chi connectivity index (χ2v) is 7.90. The number of H-pyrrole nitrogens is 1. The number of carbonyl (C=O) groups excluding carboxylic acids is 1. The normalized spacial score (nSPS) is 18.4. The molecule has 0 bridgehead atoms. The van der Waals surface area contributed by atoms with E-state index in [2.05, 4.69) is 23.2 Å². The molecule has 28 heavy (non-hydrogen) atoms. The maximum Gasteiger partial charge on any atom is 0.160 e. The van der Waals surface area contributed by atoms with Crippen LogP contribution in [-0.4, -0.2) is 15.8 Å². The van der Waals surface area contributed by atoms with Crippen molar-refractivity contribution in [3.63, 3.8) is 0 Å². The Labute approximate surface area is 168 Å². The Morgan fingerprint density at radius 2 is 1.89 bits per heavy atom. The van der Waals surface area contributed by atoms with Gasteiger partial charge in [-0.05, 0) is 60.2 Å². The molecule has 0 spiro atoms. The molecule has 5 rings (SSSR count). The Balaban J connectivity index is 1.48. The number of aromatic nitrogens is 2. The van der Waals surface area contributed by atoms with Gasteiger partial charge in [0.05, 0.1) is 11.0 Å². The summed E-state index contributed by atoms with van der Waals surface area (Å²) in [5, 5.41) is 0.779. The second kappa shape index (κ2) is 6.61. The second-order valence-electron chi connectivity index (χ2n) is 7.46. The molecule has 1 aromatic heterocycles. The maximum atomic E-state index is 12.0. The molecule has 1 N–H and O–H groups in total. The van der Waals surface area contributed by atoms with Crippen molar-refractivity contribution in [3.05, 3.63) is 88.7 Å². The molecule has 1 heterocycles. The molecule has 1 fully saturated rings. The highest BCUT2D eigenvalue weighted by molar-refractivity contribution is 6.30. The van der Waals surface area contributed by atoms with E-state index in [1.54, 1.807) is 6.92 Å². The lowest BCUT2D eigenvalue weighted by Crippen LogP contribution is -1.95. The summed E-state index contributed by atoms with van der Waals surface area (Å²) in [5.74, 6) is 1.97. The van der Waals surface area contributed by atoms with Gasteiger partial charge in [0.15, 0.2) is 5.78 Å². The molecule has 0 amide bonds. The highest BCUT2D eigenvalue weighted by Gasteiger charge is 2.41. The van der Waals surface area contributed by atoms with Gasteiger partial charge in [0.2, 0.25) is 0 Å². The first kappa shape index (κ1) is 17.2. The molecular formula is C24H19ClN2O. The number of imidazole rings is 1. The van der Waals surface area contributed by atoms with Gasteiger partial charge in [-0.3, -0.25) is 4.79 Å². The van der Waals surface area contributed by atoms with E-state index in [0.717, 1.165) is 45.0 Å². The van der Waals surface area contributed by atoms with E-state index >= 15 is 0 Å². The van der Waals surface area contributed by atoms with Gasteiger partial charge in [-0.2, -0.15) is 0 Å². The van der Waals surface area contributed by atoms with Crippen molar-refractivity contribution in [1.29, 1.82) is 0 Å². The van der Waals surface area contributed by atoms with Crippen LogP contribution in [0, 0.1) is 0 Å². The molecule has 0 saturated heterocycles. The van der Waals surface area contributed by atoms with Crippen molar-refractivity contribution in [3.8, 4) is 11.1 Å². The number of rotatable bonds is 4. The summed E-state index contributed by atoms with van der Waals surface area (Å²) in [4.78, 5) is 20.3. The first-order chi connectivity index (χ1) is 13.6. The average Bonchev–Trinajstić information content (AvgIpc) is 3.39. The number of hydrogen-bond donors (Lipinski definition) is 1. The van der Waals surface area contributed by atoms with Crippen LogP contribution in [0.25, 0.3) is 22.2 Å². The molecule has 2 atom stereocenters. The van der Waals surface area contributed by atoms with E-state index in [1.807, 2.05) is 48.5 Å². The van der Waals surface area contributed by atoms with Crippen LogP contribution < -0.4 is 0 Å². The number of Topliss-reactive ketones (excluding diaryl/α,β-unsaturated/α-hetero) is 1. The molecular weight excluding hydrogens is 368 g/mol. The minimum atomic E-state index is 0.0701. The van der Waals surface area contributed by atoms with Crippen molar-refractivity contribution in [1.82, 2.24) is 9.97 Å². The van der Waals surface area contributed by atoms with E-state index in [9.17, 15) is 4.79 Å². The molecule has 2 unspecified atom stereocenters. The van der Waals surface area contributed by atoms with Gasteiger partial charge in [0.25, 0.3) is 0 Å². The Morgan fingerprint density at radius 3 is 2.71 bits per heavy atom. The SMILES string of the molecule is CC(=O)c1ccccc1-c1ccc2[nH]c(C3CC3c3cccc(Cl)c3)nc2c1. The first-order valence-electron chi connectivity index (χ1n) is 9.45. The standard InChI is InChI=1S/C24H19ClN2O/c1-14(28)18-7-2-3-8-19(18)16-9-10-22-23(12-16)27-24(26-22)21-13-20(21)15-5-4-6-17(25)11-15/h2-12,20-21H,13H2,1H3,(H,26,27). The number of hydrogen-bond acceptors (Lipinski definition) is 2. The number of fused-ring (bicyclic) bond motifs is 1. The zero-order valence-corrected chi connectivity index (χ0v) is 16.2. The number of ketones is 1. The third-order valence-corrected chi connectivity index (χ3v) is 5.77. The number of nitrogens with one attached hydrogen (secondary N) is 1. The van der Waals surface area contributed by atoms with E-state index in [0.29, 0.717) is 11.8 Å². The lowest BCUT2D eigenvalue weighted by molar-refractivity contribution is 0.101. The van der Waals surface area contributed by atoms with Gasteiger partial charge in [0.1, 0.15) is 5.82 Å². The smallest absolute Gasteiger partial charge is 0.160 e. The summed E-state index contributed by atoms with van der Waals surface area (Å²) in [6.45, 7) is 1.60. The Bertz CT molecular complexity index is 1210. The summed E-state index contributed by atoms with van der Waals surface area (Å²) in [7, 11) is 0. The minimum Gasteiger partial charge on any atom is -0.342 e. The van der Waals surface area contributed by atoms with Crippen LogP contribution in [0.15, 0.2) is 66.7 Å². The fraction of sp³-hybridized carbons (Fsp3) is 0.167. The third-order valence-electron chi connectivity index (χ3n) is 5.54. The van der Waals surface area contributed by atoms with Crippen LogP contribution in [0.4, 0.5) is 0 Å². The van der Waals surface area contributed by atoms with E-state index in [-0.39, 0.29) is 5.78 Å². The lowest BCUT2D eigenvalue weighted by Gasteiger charge is -2.06. The van der Waals surface area contributed by atoms with E-state index in [4.69, 9.17) is 16.6 Å². The van der Waals surface area contributed by atoms with Crippen LogP contribution in [0.5, 0.6) is 0 Å². The van der Waals surface area contributed by atoms with Crippen molar-refractivity contribution in [2.24, 2.45) is 0 Å². The number of benzene rings is 3. The van der Waals surface area contributed by atoms with Crippen LogP contribution in [0.3, 0.4) is 0 Å². The molecule has 0 radical (unpaired) electrons. The van der Waals surface area contributed by atoms with Gasteiger partial charge in [0, 0.05) is 16.5 Å². The monoisotopic (exact) mass is 386 g/mol. The summed E-state index contributed by atoms with van der Waals surface area (Å²) in [5.41, 5.74) is 5.93. The fourth-order valence-electron chi connectivity index (χ4n) is 4.01. The van der Waals surface area contributed by atoms with Gasteiger partial charge < -0.3 is 4.98 Å². The first-order valence-corrected chi connectivity index (χ1v) is 9.83. The zero-order valence-electron chi connectivity index (χ0n) is 15.4. The van der Waals surface area contributed by atoms with Crippen molar-refractivity contribution >= 4 is 28.4 Å². The van der Waals surface area contributed by atoms with Gasteiger partial charge >= 0.3 is 0 Å². The Morgan fingerprint density at radius 1 is 1.04 bits per heavy atom. The summed E-state index contributed by atoms with van der Waals surface area (Å²) < 4.78 is 0. The highest BCUT2D eigenvalue weighted by atomic mass is 35.5. The minimum absolute atomic E-state index is 0.0701. The third kappa shape index (κ3) is 3.02. The maximum absolute atomic E-state index is 12.0. The molecule has 0 aliphatic heterocycles. The molecule has 1 aliphatic rings. The van der Waals surface area contributed by atoms with Gasteiger partial charge in [-0.15, -0.1) is 0 Å². The largest absolute Gasteiger partial charge is 0.342 e. The number of carbonyl (C=O) groups is 1. The zero-order chi connectivity index (χ0) is 19.3. The van der Waals surface area contributed by atoms with Gasteiger partial charge in [-0.25, -0.2) is 4.98 Å². The Hall–Kier alpha value is -2.91. The topological polar surface area (TPSA) is 45.8 Å².